The van der Waals surface area contributed by atoms with Crippen LogP contribution in [0.1, 0.15) is 110 Å². The molecule has 1 aliphatic heterocycles. The Morgan fingerprint density at radius 1 is 0.923 bits per heavy atom. The fraction of sp³-hybridized carbons (Fsp3) is 0.730. The van der Waals surface area contributed by atoms with E-state index in [-0.39, 0.29) is 41.6 Å². The number of amides is 2. The van der Waals surface area contributed by atoms with Crippen LogP contribution in [0.5, 0.6) is 0 Å². The Morgan fingerprint density at radius 3 is 2.25 bits per heavy atom. The van der Waals surface area contributed by atoms with Crippen molar-refractivity contribution in [1.82, 2.24) is 30.2 Å². The summed E-state index contributed by atoms with van der Waals surface area (Å²) in [5.74, 6) is -1.05. The van der Waals surface area contributed by atoms with Crippen LogP contribution in [0, 0.1) is 5.41 Å². The normalized spacial score (nSPS) is 20.4. The van der Waals surface area contributed by atoms with E-state index in [1.54, 1.807) is 0 Å². The van der Waals surface area contributed by atoms with Gasteiger partial charge in [0, 0.05) is 37.1 Å². The van der Waals surface area contributed by atoms with Crippen LogP contribution < -0.4 is 16.4 Å². The van der Waals surface area contributed by atoms with Gasteiger partial charge in [-0.1, -0.05) is 89.6 Å². The minimum Gasteiger partial charge on any atom is -0.386 e. The number of imidazole rings is 1. The van der Waals surface area contributed by atoms with Gasteiger partial charge in [0.2, 0.25) is 11.8 Å². The summed E-state index contributed by atoms with van der Waals surface area (Å²) in [6.07, 6.45) is 10.8. The van der Waals surface area contributed by atoms with Gasteiger partial charge in [-0.3, -0.25) is 32.5 Å². The summed E-state index contributed by atoms with van der Waals surface area (Å²) in [6.45, 7) is 2.77. The maximum atomic E-state index is 12.7. The smallest absolute Gasteiger partial charge is 0.386 e. The monoisotopic (exact) mass is 1000 g/mol. The molecule has 1 saturated heterocycles. The summed E-state index contributed by atoms with van der Waals surface area (Å²) in [7, 11) is -16.4. The van der Waals surface area contributed by atoms with Crippen molar-refractivity contribution in [2.45, 2.75) is 135 Å². The Labute approximate surface area is 381 Å². The number of hydrogen-bond acceptors (Lipinski definition) is 18. The number of nitrogens with one attached hydrogen (secondary N) is 2. The van der Waals surface area contributed by atoms with Crippen molar-refractivity contribution in [1.29, 1.82) is 0 Å². The van der Waals surface area contributed by atoms with Gasteiger partial charge in [0.1, 0.15) is 36.3 Å². The maximum absolute atomic E-state index is 12.7. The first kappa shape index (κ1) is 56.6. The molecule has 3 rings (SSSR count). The summed E-state index contributed by atoms with van der Waals surface area (Å²) < 4.78 is 62.4. The molecule has 2 unspecified atom stereocenters. The molecule has 1 fully saturated rings. The lowest BCUT2D eigenvalue weighted by Crippen LogP contribution is -2.46. The number of allylic oxidation sites excluding steroid dienone is 2. The summed E-state index contributed by atoms with van der Waals surface area (Å²) in [6, 6.07) is 0. The van der Waals surface area contributed by atoms with Gasteiger partial charge in [-0.05, 0) is 25.7 Å². The summed E-state index contributed by atoms with van der Waals surface area (Å²) >= 11 is 1.13. The van der Waals surface area contributed by atoms with E-state index in [2.05, 4.69) is 53.5 Å². The Kier molecular flexibility index (Phi) is 23.8. The van der Waals surface area contributed by atoms with Crippen molar-refractivity contribution < 1.29 is 80.5 Å². The fourth-order valence-electron chi connectivity index (χ4n) is 6.36. The Hall–Kier alpha value is -2.70. The molecule has 1 aliphatic rings. The molecule has 0 bridgehead atoms. The molecule has 370 valence electrons. The SMILES string of the molecule is CCCCCCCCCC/C=C\CCCC(=O)SCCNC(=O)CCNC(=O)[C@H](O)C(C)(C)COP(=O)(O)OP(=O)(O)OC[C@H]1O[C@@H](n2cnc3c(N)ncnc32)[C@H](O)[C@@H]1OP(=O)(O)O. The lowest BCUT2D eigenvalue weighted by atomic mass is 9.87. The van der Waals surface area contributed by atoms with Crippen LogP contribution >= 0.6 is 35.2 Å². The van der Waals surface area contributed by atoms with Crippen LogP contribution in [0.2, 0.25) is 0 Å². The van der Waals surface area contributed by atoms with Crippen molar-refractivity contribution in [2.75, 3.05) is 37.8 Å². The molecule has 7 atom stereocenters. The number of carbonyl (C=O) groups excluding carboxylic acids is 3. The molecule has 2 amide bonds. The van der Waals surface area contributed by atoms with Crippen LogP contribution in [-0.4, -0.2) is 123 Å². The molecule has 0 spiro atoms. The van der Waals surface area contributed by atoms with Gasteiger partial charge in [0.15, 0.2) is 22.8 Å². The number of nitrogens with two attached hydrogens (primary N) is 1. The second-order valence-electron chi connectivity index (χ2n) is 15.9. The average Bonchev–Trinajstić information content (AvgIpc) is 3.79. The summed E-state index contributed by atoms with van der Waals surface area (Å²) in [5.41, 5.74) is 4.28. The Bertz CT molecular complexity index is 2010. The number of nitrogen functional groups attached to an aromatic ring is 1. The molecule has 0 saturated carbocycles. The van der Waals surface area contributed by atoms with Gasteiger partial charge in [-0.15, -0.1) is 0 Å². The van der Waals surface area contributed by atoms with E-state index < -0.39 is 84.6 Å². The van der Waals surface area contributed by atoms with Crippen molar-refractivity contribution in [3.05, 3.63) is 24.8 Å². The number of unbranched alkanes of at least 4 members (excludes halogenated alkanes) is 9. The lowest BCUT2D eigenvalue weighted by molar-refractivity contribution is -0.137. The minimum absolute atomic E-state index is 0.0325. The van der Waals surface area contributed by atoms with Crippen molar-refractivity contribution in [3.63, 3.8) is 0 Å². The van der Waals surface area contributed by atoms with Crippen LogP contribution in [0.25, 0.3) is 11.2 Å². The third kappa shape index (κ3) is 20.6. The van der Waals surface area contributed by atoms with Gasteiger partial charge in [-0.25, -0.2) is 28.6 Å². The molecule has 28 heteroatoms. The second kappa shape index (κ2) is 27.3. The van der Waals surface area contributed by atoms with Crippen LogP contribution in [0.3, 0.4) is 0 Å². The highest BCUT2D eigenvalue weighted by molar-refractivity contribution is 8.13. The van der Waals surface area contributed by atoms with Gasteiger partial charge >= 0.3 is 23.5 Å². The zero-order valence-electron chi connectivity index (χ0n) is 36.7. The first-order chi connectivity index (χ1) is 30.6. The average molecular weight is 1000 g/mol. The van der Waals surface area contributed by atoms with Crippen molar-refractivity contribution >= 4 is 69.1 Å². The first-order valence-corrected chi connectivity index (χ1v) is 26.8. The van der Waals surface area contributed by atoms with Crippen LogP contribution in [0.4, 0.5) is 5.82 Å². The molecule has 3 heterocycles. The third-order valence-electron chi connectivity index (χ3n) is 9.91. The number of nitrogens with zero attached hydrogens (tertiary/aromatic N) is 4. The standard InChI is InChI=1S/C37H64N7O17P3S/c1-4-5-6-7-8-9-10-11-12-13-14-15-16-17-28(46)65-21-20-39-27(45)18-19-40-35(49)32(48)37(2,3)23-58-64(55,56)61-63(53,54)57-22-26-31(60-62(50,51)52)30(47)36(59-26)44-25-43-29-33(38)41-24-42-34(29)44/h13-14,24-26,30-32,36,47-48H,4-12,15-23H2,1-3H3,(H,39,45)(H,40,49)(H,53,54)(H,55,56)(H2,38,41,42)(H2,50,51,52)/b14-13-/t26-,30-,31-,32+,36-/m1/s1. The maximum Gasteiger partial charge on any atom is 0.481 e. The van der Waals surface area contributed by atoms with E-state index in [9.17, 15) is 57.9 Å². The molecule has 0 radical (unpaired) electrons. The molecule has 24 nitrogen and oxygen atoms in total. The molecule has 0 aromatic carbocycles. The molecular formula is C37H64N7O17P3S. The highest BCUT2D eigenvalue weighted by Crippen LogP contribution is 2.61. The number of phosphoric ester groups is 3. The molecule has 65 heavy (non-hydrogen) atoms. The molecule has 10 N–H and O–H groups in total. The highest BCUT2D eigenvalue weighted by Gasteiger charge is 2.50. The van der Waals surface area contributed by atoms with E-state index in [1.807, 2.05) is 0 Å². The summed E-state index contributed by atoms with van der Waals surface area (Å²) in [5, 5.41) is 26.6. The quantitative estimate of drug-likeness (QED) is 0.0285. The molecule has 2 aromatic heterocycles. The van der Waals surface area contributed by atoms with E-state index in [4.69, 9.17) is 19.5 Å². The third-order valence-corrected chi connectivity index (χ3v) is 13.9. The number of aliphatic hydroxyl groups is 2. The van der Waals surface area contributed by atoms with E-state index in [1.165, 1.54) is 65.2 Å². The minimum atomic E-state index is -5.57. The predicted octanol–water partition coefficient (Wildman–Crippen LogP) is 3.92. The number of rotatable bonds is 32. The van der Waals surface area contributed by atoms with E-state index in [0.29, 0.717) is 12.2 Å². The second-order valence-corrected chi connectivity index (χ2v) is 21.3. The van der Waals surface area contributed by atoms with Crippen LogP contribution in [-0.2, 0) is 50.7 Å². The fourth-order valence-corrected chi connectivity index (χ4v) is 9.91. The summed E-state index contributed by atoms with van der Waals surface area (Å²) in [4.78, 5) is 88.2. The number of hydrogen-bond donors (Lipinski definition) is 9. The number of anilines is 1. The Balaban J connectivity index is 1.33. The molecular weight excluding hydrogens is 939 g/mol. The number of aliphatic hydroxyl groups excluding tert-OH is 2. The van der Waals surface area contributed by atoms with Gasteiger partial charge in [0.05, 0.1) is 19.5 Å². The zero-order chi connectivity index (χ0) is 48.3. The van der Waals surface area contributed by atoms with Crippen molar-refractivity contribution in [2.24, 2.45) is 5.41 Å². The zero-order valence-corrected chi connectivity index (χ0v) is 40.2. The number of phosphoric acid groups is 3. The highest BCUT2D eigenvalue weighted by atomic mass is 32.2. The van der Waals surface area contributed by atoms with E-state index >= 15 is 0 Å². The predicted molar refractivity (Wildman–Crippen MR) is 237 cm³/mol. The van der Waals surface area contributed by atoms with Gasteiger partial charge in [-0.2, -0.15) is 4.31 Å². The van der Waals surface area contributed by atoms with Gasteiger partial charge < -0.3 is 50.9 Å². The Morgan fingerprint density at radius 2 is 1.57 bits per heavy atom. The number of ether oxygens (including phenoxy) is 1. The number of fused-ring (bicyclic) bond motifs is 1. The molecule has 0 aliphatic carbocycles. The topological polar surface area (TPSA) is 364 Å². The largest absolute Gasteiger partial charge is 0.481 e. The number of carbonyl (C=O) groups is 3. The van der Waals surface area contributed by atoms with E-state index in [0.717, 1.165) is 48.2 Å². The number of aromatic nitrogens is 4. The van der Waals surface area contributed by atoms with Gasteiger partial charge in [0.25, 0.3) is 0 Å². The number of thioether (sulfide) groups is 1. The first-order valence-electron chi connectivity index (χ1n) is 21.3. The van der Waals surface area contributed by atoms with Crippen LogP contribution in [0.15, 0.2) is 24.8 Å². The van der Waals surface area contributed by atoms with Crippen molar-refractivity contribution in [3.8, 4) is 0 Å². The lowest BCUT2D eigenvalue weighted by Gasteiger charge is -2.30. The molecule has 2 aromatic rings.